The Morgan fingerprint density at radius 3 is 2.35 bits per heavy atom. The molecule has 0 aromatic rings. The Morgan fingerprint density at radius 1 is 1.20 bits per heavy atom. The van der Waals surface area contributed by atoms with E-state index in [-0.39, 0.29) is 13.0 Å². The van der Waals surface area contributed by atoms with E-state index < -0.39 is 42.2 Å². The van der Waals surface area contributed by atoms with Crippen molar-refractivity contribution < 1.29 is 38.1 Å². The molecule has 1 aliphatic heterocycles. The molecule has 8 heteroatoms. The Morgan fingerprint density at radius 2 is 1.85 bits per heavy atom. The molecule has 1 fully saturated rings. The van der Waals surface area contributed by atoms with Crippen molar-refractivity contribution in [2.45, 2.75) is 45.5 Å². The molecule has 0 radical (unpaired) electrons. The molecule has 1 rings (SSSR count). The molecule has 8 nitrogen and oxygen atoms in total. The summed E-state index contributed by atoms with van der Waals surface area (Å²) < 4.78 is 19.5. The quantitative estimate of drug-likeness (QED) is 0.502. The average molecular weight is 288 g/mol. The fourth-order valence-electron chi connectivity index (χ4n) is 1.73. The standard InChI is InChI=1S/C12H16O8/c1-6(13)17-5-11(19-8(3)15)9-4-10(12(16)20-9)18-7(2)14/h9-11H,4-5H2,1-3H3/t9-,10-,11+/m1/s1. The summed E-state index contributed by atoms with van der Waals surface area (Å²) in [4.78, 5) is 44.1. The molecule has 1 saturated heterocycles. The number of esters is 4. The Bertz CT molecular complexity index is 416. The first-order chi connectivity index (χ1) is 9.29. The number of ether oxygens (including phenoxy) is 4. The molecule has 0 aliphatic carbocycles. The van der Waals surface area contributed by atoms with Crippen molar-refractivity contribution in [2.24, 2.45) is 0 Å². The van der Waals surface area contributed by atoms with Gasteiger partial charge < -0.3 is 18.9 Å². The van der Waals surface area contributed by atoms with E-state index in [4.69, 9.17) is 18.9 Å². The van der Waals surface area contributed by atoms with Crippen LogP contribution in [-0.2, 0) is 38.1 Å². The van der Waals surface area contributed by atoms with Crippen LogP contribution in [0.3, 0.4) is 0 Å². The van der Waals surface area contributed by atoms with Gasteiger partial charge in [-0.2, -0.15) is 0 Å². The van der Waals surface area contributed by atoms with E-state index in [9.17, 15) is 19.2 Å². The maximum atomic E-state index is 11.5. The lowest BCUT2D eigenvalue weighted by molar-refractivity contribution is -0.169. The lowest BCUT2D eigenvalue weighted by Gasteiger charge is -2.21. The predicted molar refractivity (Wildman–Crippen MR) is 62.2 cm³/mol. The van der Waals surface area contributed by atoms with E-state index in [0.717, 1.165) is 0 Å². The summed E-state index contributed by atoms with van der Waals surface area (Å²) in [5, 5.41) is 0. The number of rotatable bonds is 5. The van der Waals surface area contributed by atoms with E-state index in [2.05, 4.69) is 0 Å². The highest BCUT2D eigenvalue weighted by atomic mass is 16.6. The number of hydrogen-bond donors (Lipinski definition) is 0. The van der Waals surface area contributed by atoms with Gasteiger partial charge >= 0.3 is 23.9 Å². The lowest BCUT2D eigenvalue weighted by atomic mass is 10.1. The van der Waals surface area contributed by atoms with Crippen LogP contribution >= 0.6 is 0 Å². The lowest BCUT2D eigenvalue weighted by Crippen LogP contribution is -2.35. The van der Waals surface area contributed by atoms with Crippen LogP contribution < -0.4 is 0 Å². The number of carbonyl (C=O) groups excluding carboxylic acids is 4. The molecule has 112 valence electrons. The minimum absolute atomic E-state index is 0.0393. The highest BCUT2D eigenvalue weighted by molar-refractivity contribution is 5.80. The smallest absolute Gasteiger partial charge is 0.348 e. The highest BCUT2D eigenvalue weighted by Crippen LogP contribution is 2.23. The first kappa shape index (κ1) is 15.9. The third-order valence-corrected chi connectivity index (χ3v) is 2.47. The van der Waals surface area contributed by atoms with Gasteiger partial charge in [-0.25, -0.2) is 4.79 Å². The zero-order valence-corrected chi connectivity index (χ0v) is 11.4. The SMILES string of the molecule is CC(=O)OC[C@H](OC(C)=O)[C@H]1C[C@@H](OC(C)=O)C(=O)O1. The van der Waals surface area contributed by atoms with Gasteiger partial charge in [-0.15, -0.1) is 0 Å². The Labute approximate surface area is 115 Å². The molecule has 1 aliphatic rings. The van der Waals surface area contributed by atoms with Gasteiger partial charge in [0.1, 0.15) is 12.7 Å². The third kappa shape index (κ3) is 4.87. The highest BCUT2D eigenvalue weighted by Gasteiger charge is 2.42. The molecule has 0 bridgehead atoms. The summed E-state index contributed by atoms with van der Waals surface area (Å²) in [5.74, 6) is -2.49. The first-order valence-corrected chi connectivity index (χ1v) is 5.98. The third-order valence-electron chi connectivity index (χ3n) is 2.47. The van der Waals surface area contributed by atoms with E-state index in [1.54, 1.807) is 0 Å². The second-order valence-electron chi connectivity index (χ2n) is 4.26. The van der Waals surface area contributed by atoms with Crippen molar-refractivity contribution in [1.82, 2.24) is 0 Å². The van der Waals surface area contributed by atoms with Crippen LogP contribution in [0.2, 0.25) is 0 Å². The van der Waals surface area contributed by atoms with Crippen molar-refractivity contribution in [3.63, 3.8) is 0 Å². The zero-order chi connectivity index (χ0) is 15.3. The molecule has 20 heavy (non-hydrogen) atoms. The molecule has 0 saturated carbocycles. The van der Waals surface area contributed by atoms with Crippen LogP contribution in [0.1, 0.15) is 27.2 Å². The van der Waals surface area contributed by atoms with Crippen molar-refractivity contribution in [2.75, 3.05) is 6.61 Å². The van der Waals surface area contributed by atoms with Gasteiger partial charge in [0.2, 0.25) is 6.10 Å². The molecular formula is C12H16O8. The molecule has 0 aromatic heterocycles. The Balaban J connectivity index is 2.66. The normalized spacial score (nSPS) is 22.6. The summed E-state index contributed by atoms with van der Waals surface area (Å²) in [6, 6.07) is 0. The maximum absolute atomic E-state index is 11.5. The van der Waals surface area contributed by atoms with Crippen LogP contribution in [-0.4, -0.2) is 48.8 Å². The fourth-order valence-corrected chi connectivity index (χ4v) is 1.73. The van der Waals surface area contributed by atoms with Crippen molar-refractivity contribution in [3.8, 4) is 0 Å². The topological polar surface area (TPSA) is 105 Å². The van der Waals surface area contributed by atoms with Crippen LogP contribution in [0.25, 0.3) is 0 Å². The largest absolute Gasteiger partial charge is 0.462 e. The molecule has 0 spiro atoms. The van der Waals surface area contributed by atoms with E-state index in [1.807, 2.05) is 0 Å². The summed E-state index contributed by atoms with van der Waals surface area (Å²) in [7, 11) is 0. The fraction of sp³-hybridized carbons (Fsp3) is 0.667. The minimum atomic E-state index is -1.03. The van der Waals surface area contributed by atoms with E-state index in [0.29, 0.717) is 0 Å². The molecule has 0 unspecified atom stereocenters. The van der Waals surface area contributed by atoms with Gasteiger partial charge in [0, 0.05) is 27.2 Å². The molecule has 0 aromatic carbocycles. The zero-order valence-electron chi connectivity index (χ0n) is 11.4. The minimum Gasteiger partial charge on any atom is -0.462 e. The maximum Gasteiger partial charge on any atom is 0.348 e. The summed E-state index contributed by atoms with van der Waals surface area (Å²) >= 11 is 0. The van der Waals surface area contributed by atoms with Gasteiger partial charge in [0.15, 0.2) is 6.10 Å². The van der Waals surface area contributed by atoms with Crippen molar-refractivity contribution >= 4 is 23.9 Å². The molecular weight excluding hydrogens is 272 g/mol. The van der Waals surface area contributed by atoms with Gasteiger partial charge in [-0.1, -0.05) is 0 Å². The van der Waals surface area contributed by atoms with Crippen LogP contribution in [0.4, 0.5) is 0 Å². The van der Waals surface area contributed by atoms with Crippen molar-refractivity contribution in [3.05, 3.63) is 0 Å². The summed E-state index contributed by atoms with van der Waals surface area (Å²) in [6.07, 6.45) is -2.75. The molecule has 3 atom stereocenters. The van der Waals surface area contributed by atoms with Gasteiger partial charge in [0.05, 0.1) is 0 Å². The van der Waals surface area contributed by atoms with Gasteiger partial charge in [0.25, 0.3) is 0 Å². The predicted octanol–water partition coefficient (Wildman–Crippen LogP) is -0.272. The Hall–Kier alpha value is -2.12. The van der Waals surface area contributed by atoms with E-state index in [1.165, 1.54) is 20.8 Å². The second kappa shape index (κ2) is 6.88. The van der Waals surface area contributed by atoms with E-state index >= 15 is 0 Å². The summed E-state index contributed by atoms with van der Waals surface area (Å²) in [6.45, 7) is 3.32. The summed E-state index contributed by atoms with van der Waals surface area (Å²) in [5.41, 5.74) is 0. The number of hydrogen-bond acceptors (Lipinski definition) is 8. The van der Waals surface area contributed by atoms with Gasteiger partial charge in [-0.05, 0) is 0 Å². The second-order valence-corrected chi connectivity index (χ2v) is 4.26. The van der Waals surface area contributed by atoms with Crippen molar-refractivity contribution in [1.29, 1.82) is 0 Å². The number of cyclic esters (lactones) is 1. The van der Waals surface area contributed by atoms with Gasteiger partial charge in [-0.3, -0.25) is 14.4 Å². The molecule has 1 heterocycles. The molecule has 0 amide bonds. The van der Waals surface area contributed by atoms with Crippen LogP contribution in [0, 0.1) is 0 Å². The average Bonchev–Trinajstić information content (AvgIpc) is 2.64. The Kier molecular flexibility index (Phi) is 5.48. The van der Waals surface area contributed by atoms with Crippen LogP contribution in [0.5, 0.6) is 0 Å². The number of carbonyl (C=O) groups is 4. The molecule has 0 N–H and O–H groups in total. The monoisotopic (exact) mass is 288 g/mol. The first-order valence-electron chi connectivity index (χ1n) is 5.98. The van der Waals surface area contributed by atoms with Crippen LogP contribution in [0.15, 0.2) is 0 Å².